The average Bonchev–Trinajstić information content (AvgIpc) is 3.15. The summed E-state index contributed by atoms with van der Waals surface area (Å²) < 4.78 is 7.98. The smallest absolute Gasteiger partial charge is 0.234 e. The number of rotatable bonds is 9. The van der Waals surface area contributed by atoms with E-state index in [1.165, 1.54) is 17.3 Å². The highest BCUT2D eigenvalue weighted by Crippen LogP contribution is 2.30. The van der Waals surface area contributed by atoms with Crippen LogP contribution in [0.3, 0.4) is 0 Å². The quantitative estimate of drug-likeness (QED) is 0.283. The molecule has 1 aromatic heterocycles. The predicted molar refractivity (Wildman–Crippen MR) is 131 cm³/mol. The van der Waals surface area contributed by atoms with Crippen molar-refractivity contribution in [2.75, 3.05) is 11.1 Å². The van der Waals surface area contributed by atoms with Crippen molar-refractivity contribution in [2.45, 2.75) is 38.6 Å². The Labute approximate surface area is 202 Å². The van der Waals surface area contributed by atoms with E-state index >= 15 is 0 Å². The van der Waals surface area contributed by atoms with Crippen LogP contribution in [0.4, 0.5) is 5.69 Å². The summed E-state index contributed by atoms with van der Waals surface area (Å²) in [6.07, 6.45) is 1.41. The Bertz CT molecular complexity index is 1110. The van der Waals surface area contributed by atoms with Crippen LogP contribution in [0.1, 0.15) is 30.0 Å². The molecule has 0 aliphatic rings. The van der Waals surface area contributed by atoms with E-state index in [4.69, 9.17) is 27.9 Å². The van der Waals surface area contributed by atoms with Crippen LogP contribution in [-0.2, 0) is 11.3 Å². The number of halogens is 2. The second-order valence-corrected chi connectivity index (χ2v) is 8.94. The monoisotopic (exact) mass is 490 g/mol. The number of amides is 1. The molecule has 1 N–H and O–H groups in total. The summed E-state index contributed by atoms with van der Waals surface area (Å²) in [5.41, 5.74) is 2.75. The molecule has 32 heavy (non-hydrogen) atoms. The van der Waals surface area contributed by atoms with Crippen LogP contribution in [0.5, 0.6) is 5.75 Å². The van der Waals surface area contributed by atoms with Gasteiger partial charge in [-0.05, 0) is 56.2 Å². The van der Waals surface area contributed by atoms with Gasteiger partial charge in [0.15, 0.2) is 17.1 Å². The second kappa shape index (κ2) is 10.9. The summed E-state index contributed by atoms with van der Waals surface area (Å²) in [6, 6.07) is 11.0. The van der Waals surface area contributed by atoms with E-state index in [1.807, 2.05) is 36.6 Å². The molecule has 6 nitrogen and oxygen atoms in total. The van der Waals surface area contributed by atoms with Gasteiger partial charge in [-0.15, -0.1) is 16.8 Å². The van der Waals surface area contributed by atoms with Crippen LogP contribution in [0, 0.1) is 13.8 Å². The number of aryl methyl sites for hydroxylation is 2. The molecule has 168 valence electrons. The Morgan fingerprint density at radius 1 is 1.22 bits per heavy atom. The number of ether oxygens (including phenoxy) is 1. The molecule has 0 bridgehead atoms. The third kappa shape index (κ3) is 5.85. The number of carbonyl (C=O) groups excluding carboxylic acids is 1. The summed E-state index contributed by atoms with van der Waals surface area (Å²) >= 11 is 13.5. The Kier molecular flexibility index (Phi) is 8.23. The summed E-state index contributed by atoms with van der Waals surface area (Å²) in [5.74, 6) is 1.28. The van der Waals surface area contributed by atoms with Gasteiger partial charge in [0, 0.05) is 6.54 Å². The molecule has 0 fully saturated rings. The molecule has 9 heteroatoms. The van der Waals surface area contributed by atoms with Crippen molar-refractivity contribution in [3.63, 3.8) is 0 Å². The maximum Gasteiger partial charge on any atom is 0.234 e. The average molecular weight is 491 g/mol. The number of aromatic nitrogens is 3. The molecule has 0 aliphatic carbocycles. The third-order valence-corrected chi connectivity index (χ3v) is 6.37. The van der Waals surface area contributed by atoms with E-state index in [9.17, 15) is 4.79 Å². The van der Waals surface area contributed by atoms with Gasteiger partial charge in [0.05, 0.1) is 21.5 Å². The first-order chi connectivity index (χ1) is 15.3. The number of hydrogen-bond acceptors (Lipinski definition) is 5. The van der Waals surface area contributed by atoms with Gasteiger partial charge in [-0.2, -0.15) is 0 Å². The first-order valence-electron chi connectivity index (χ1n) is 9.94. The Morgan fingerprint density at radius 3 is 2.59 bits per heavy atom. The van der Waals surface area contributed by atoms with E-state index in [2.05, 4.69) is 29.0 Å². The molecule has 1 unspecified atom stereocenters. The molecule has 0 saturated carbocycles. The zero-order valence-electron chi connectivity index (χ0n) is 18.1. The summed E-state index contributed by atoms with van der Waals surface area (Å²) in [7, 11) is 0. The van der Waals surface area contributed by atoms with E-state index in [0.29, 0.717) is 33.3 Å². The molecule has 1 heterocycles. The van der Waals surface area contributed by atoms with Crippen molar-refractivity contribution >= 4 is 46.6 Å². The normalized spacial score (nSPS) is 11.8. The molecule has 0 radical (unpaired) electrons. The lowest BCUT2D eigenvalue weighted by Crippen LogP contribution is -2.16. The molecule has 0 saturated heterocycles. The minimum Gasteiger partial charge on any atom is -0.483 e. The number of nitrogens with one attached hydrogen (secondary N) is 1. The molecule has 1 atom stereocenters. The molecule has 3 rings (SSSR count). The minimum atomic E-state index is -0.338. The zero-order valence-corrected chi connectivity index (χ0v) is 20.4. The van der Waals surface area contributed by atoms with Crippen LogP contribution < -0.4 is 10.1 Å². The topological polar surface area (TPSA) is 69.0 Å². The summed E-state index contributed by atoms with van der Waals surface area (Å²) in [6.45, 7) is 10.3. The third-order valence-electron chi connectivity index (χ3n) is 4.77. The molecule has 3 aromatic rings. The van der Waals surface area contributed by atoms with Gasteiger partial charge >= 0.3 is 0 Å². The minimum absolute atomic E-state index is 0.114. The van der Waals surface area contributed by atoms with Crippen LogP contribution in [0.15, 0.2) is 54.2 Å². The van der Waals surface area contributed by atoms with E-state index in [0.717, 1.165) is 11.3 Å². The van der Waals surface area contributed by atoms with Crippen LogP contribution in [0.25, 0.3) is 0 Å². The lowest BCUT2D eigenvalue weighted by atomic mass is 10.1. The maximum atomic E-state index is 12.4. The van der Waals surface area contributed by atoms with Crippen molar-refractivity contribution < 1.29 is 9.53 Å². The standard InChI is InChI=1S/C23H24Cl2N4O2S/c1-5-11-29-22(16(4)31-17-10-9-14(2)15(3)12-17)27-28-23(29)32-13-20(30)26-21-18(24)7-6-8-19(21)25/h5-10,12,16H,1,11,13H2,2-4H3,(H,26,30). The number of benzene rings is 2. The van der Waals surface area contributed by atoms with E-state index in [1.54, 1.807) is 24.3 Å². The Balaban J connectivity index is 1.70. The van der Waals surface area contributed by atoms with Gasteiger partial charge in [-0.1, -0.05) is 53.2 Å². The van der Waals surface area contributed by atoms with Crippen LogP contribution >= 0.6 is 35.0 Å². The van der Waals surface area contributed by atoms with Gasteiger partial charge in [-0.3, -0.25) is 9.36 Å². The van der Waals surface area contributed by atoms with Crippen molar-refractivity contribution in [2.24, 2.45) is 0 Å². The summed E-state index contributed by atoms with van der Waals surface area (Å²) in [4.78, 5) is 12.4. The number of allylic oxidation sites excluding steroid dienone is 1. The number of anilines is 1. The highest BCUT2D eigenvalue weighted by Gasteiger charge is 2.20. The van der Waals surface area contributed by atoms with Gasteiger partial charge in [0.25, 0.3) is 0 Å². The Morgan fingerprint density at radius 2 is 1.94 bits per heavy atom. The van der Waals surface area contributed by atoms with E-state index in [-0.39, 0.29) is 17.8 Å². The van der Waals surface area contributed by atoms with Crippen LogP contribution in [0.2, 0.25) is 10.0 Å². The number of thioether (sulfide) groups is 1. The SMILES string of the molecule is C=CCn1c(SCC(=O)Nc2c(Cl)cccc2Cl)nnc1C(C)Oc1ccc(C)c(C)c1. The number of para-hydroxylation sites is 1. The van der Waals surface area contributed by atoms with Crippen LogP contribution in [-0.4, -0.2) is 26.4 Å². The summed E-state index contributed by atoms with van der Waals surface area (Å²) in [5, 5.41) is 12.7. The van der Waals surface area contributed by atoms with Crippen molar-refractivity contribution in [1.82, 2.24) is 14.8 Å². The zero-order chi connectivity index (χ0) is 23.3. The van der Waals surface area contributed by atoms with Crippen molar-refractivity contribution in [3.8, 4) is 5.75 Å². The van der Waals surface area contributed by atoms with Crippen molar-refractivity contribution in [3.05, 3.63) is 76.0 Å². The first kappa shape index (κ1) is 24.2. The predicted octanol–water partition coefficient (Wildman–Crippen LogP) is 6.26. The second-order valence-electron chi connectivity index (χ2n) is 7.18. The van der Waals surface area contributed by atoms with Crippen molar-refractivity contribution in [1.29, 1.82) is 0 Å². The molecular weight excluding hydrogens is 467 g/mol. The molecule has 0 aliphatic heterocycles. The molecule has 1 amide bonds. The Hall–Kier alpha value is -2.48. The molecular formula is C23H24Cl2N4O2S. The number of carbonyl (C=O) groups is 1. The molecule has 0 spiro atoms. The van der Waals surface area contributed by atoms with Gasteiger partial charge in [0.2, 0.25) is 5.91 Å². The fourth-order valence-corrected chi connectivity index (χ4v) is 4.22. The first-order valence-corrected chi connectivity index (χ1v) is 11.7. The fourth-order valence-electron chi connectivity index (χ4n) is 2.98. The van der Waals surface area contributed by atoms with E-state index < -0.39 is 0 Å². The number of hydrogen-bond donors (Lipinski definition) is 1. The lowest BCUT2D eigenvalue weighted by Gasteiger charge is -2.16. The van der Waals surface area contributed by atoms with Gasteiger partial charge in [0.1, 0.15) is 5.75 Å². The highest BCUT2D eigenvalue weighted by atomic mass is 35.5. The largest absolute Gasteiger partial charge is 0.483 e. The lowest BCUT2D eigenvalue weighted by molar-refractivity contribution is -0.113. The highest BCUT2D eigenvalue weighted by molar-refractivity contribution is 7.99. The number of nitrogens with zero attached hydrogens (tertiary/aromatic N) is 3. The fraction of sp³-hybridized carbons (Fsp3) is 0.261. The molecule has 2 aromatic carbocycles. The van der Waals surface area contributed by atoms with Gasteiger partial charge < -0.3 is 10.1 Å². The maximum absolute atomic E-state index is 12.4. The van der Waals surface area contributed by atoms with Gasteiger partial charge in [-0.25, -0.2) is 0 Å².